The number of rotatable bonds is 3. The summed E-state index contributed by atoms with van der Waals surface area (Å²) in [5.41, 5.74) is 1.66. The van der Waals surface area contributed by atoms with Crippen molar-refractivity contribution in [3.63, 3.8) is 0 Å². The van der Waals surface area contributed by atoms with Gasteiger partial charge in [0, 0.05) is 38.1 Å². The van der Waals surface area contributed by atoms with Gasteiger partial charge in [-0.15, -0.1) is 0 Å². The standard InChI is InChI=1S/C19H21N3O3S/c23-19(16-7-4-8-20-11-16)22-10-9-21(12-15-5-2-1-3-6-15)17-13-26(24,25)14-18(17)22/h1-8,11,17-18H,9-10,12-14H2/t17-,18+/m1/s1. The molecule has 2 aliphatic heterocycles. The molecule has 2 fully saturated rings. The highest BCUT2D eigenvalue weighted by Gasteiger charge is 2.48. The molecule has 2 aliphatic rings. The summed E-state index contributed by atoms with van der Waals surface area (Å²) in [5, 5.41) is 0. The quantitative estimate of drug-likeness (QED) is 0.811. The van der Waals surface area contributed by atoms with Gasteiger partial charge in [-0.25, -0.2) is 8.42 Å². The largest absolute Gasteiger partial charge is 0.332 e. The van der Waals surface area contributed by atoms with Crippen LogP contribution in [-0.4, -0.2) is 65.8 Å². The summed E-state index contributed by atoms with van der Waals surface area (Å²) < 4.78 is 24.6. The molecule has 0 saturated carbocycles. The van der Waals surface area contributed by atoms with E-state index in [0.717, 1.165) is 5.56 Å². The molecular weight excluding hydrogens is 350 g/mol. The normalized spacial score (nSPS) is 25.0. The second-order valence-corrected chi connectivity index (χ2v) is 9.06. The van der Waals surface area contributed by atoms with Crippen molar-refractivity contribution in [2.75, 3.05) is 24.6 Å². The number of carbonyl (C=O) groups excluding carboxylic acids is 1. The van der Waals surface area contributed by atoms with Crippen molar-refractivity contribution in [1.29, 1.82) is 0 Å². The Morgan fingerprint density at radius 3 is 2.54 bits per heavy atom. The maximum Gasteiger partial charge on any atom is 0.255 e. The van der Waals surface area contributed by atoms with Crippen molar-refractivity contribution in [3.8, 4) is 0 Å². The second kappa shape index (κ2) is 6.81. The molecule has 2 saturated heterocycles. The maximum atomic E-state index is 12.9. The zero-order valence-corrected chi connectivity index (χ0v) is 15.2. The number of piperazine rings is 1. The topological polar surface area (TPSA) is 70.6 Å². The second-order valence-electron chi connectivity index (χ2n) is 6.91. The molecular formula is C19H21N3O3S. The van der Waals surface area contributed by atoms with Gasteiger partial charge in [0.2, 0.25) is 0 Å². The summed E-state index contributed by atoms with van der Waals surface area (Å²) >= 11 is 0. The van der Waals surface area contributed by atoms with Crippen LogP contribution in [0.3, 0.4) is 0 Å². The van der Waals surface area contributed by atoms with E-state index in [1.807, 2.05) is 30.3 Å². The van der Waals surface area contributed by atoms with E-state index >= 15 is 0 Å². The SMILES string of the molecule is O=C(c1cccnc1)N1CCN(Cc2ccccc2)[C@@H]2CS(=O)(=O)C[C@@H]21. The van der Waals surface area contributed by atoms with E-state index in [1.165, 1.54) is 6.20 Å². The Hall–Kier alpha value is -2.25. The van der Waals surface area contributed by atoms with E-state index < -0.39 is 9.84 Å². The van der Waals surface area contributed by atoms with Crippen molar-refractivity contribution in [3.05, 3.63) is 66.0 Å². The lowest BCUT2D eigenvalue weighted by Gasteiger charge is -2.44. The van der Waals surface area contributed by atoms with Gasteiger partial charge in [0.25, 0.3) is 5.91 Å². The van der Waals surface area contributed by atoms with Gasteiger partial charge in [-0.3, -0.25) is 14.7 Å². The minimum Gasteiger partial charge on any atom is -0.332 e. The zero-order valence-electron chi connectivity index (χ0n) is 14.4. The van der Waals surface area contributed by atoms with Gasteiger partial charge in [-0.2, -0.15) is 0 Å². The number of fused-ring (bicyclic) bond motifs is 1. The molecule has 1 aromatic heterocycles. The van der Waals surface area contributed by atoms with Crippen LogP contribution in [0.4, 0.5) is 0 Å². The third-order valence-electron chi connectivity index (χ3n) is 5.19. The maximum absolute atomic E-state index is 12.9. The lowest BCUT2D eigenvalue weighted by Crippen LogP contribution is -2.60. The van der Waals surface area contributed by atoms with Crippen molar-refractivity contribution >= 4 is 15.7 Å². The van der Waals surface area contributed by atoms with Crippen LogP contribution >= 0.6 is 0 Å². The van der Waals surface area contributed by atoms with E-state index in [4.69, 9.17) is 0 Å². The highest BCUT2D eigenvalue weighted by molar-refractivity contribution is 7.91. The van der Waals surface area contributed by atoms with Crippen LogP contribution in [0.5, 0.6) is 0 Å². The number of sulfone groups is 1. The summed E-state index contributed by atoms with van der Waals surface area (Å²) in [6.07, 6.45) is 3.16. The summed E-state index contributed by atoms with van der Waals surface area (Å²) in [4.78, 5) is 20.8. The molecule has 2 aromatic rings. The third kappa shape index (κ3) is 3.37. The number of pyridine rings is 1. The van der Waals surface area contributed by atoms with E-state index in [1.54, 1.807) is 23.2 Å². The van der Waals surface area contributed by atoms with E-state index in [-0.39, 0.29) is 29.5 Å². The van der Waals surface area contributed by atoms with E-state index in [0.29, 0.717) is 25.2 Å². The Morgan fingerprint density at radius 2 is 1.81 bits per heavy atom. The fourth-order valence-electron chi connectivity index (χ4n) is 3.95. The number of carbonyl (C=O) groups is 1. The van der Waals surface area contributed by atoms with Crippen molar-refractivity contribution < 1.29 is 13.2 Å². The van der Waals surface area contributed by atoms with Crippen molar-refractivity contribution in [2.24, 2.45) is 0 Å². The first-order valence-corrected chi connectivity index (χ1v) is 10.5. The number of benzene rings is 1. The Bertz CT molecular complexity index is 887. The monoisotopic (exact) mass is 371 g/mol. The molecule has 0 N–H and O–H groups in total. The predicted octanol–water partition coefficient (Wildman–Crippen LogP) is 1.21. The molecule has 0 bridgehead atoms. The summed E-state index contributed by atoms with van der Waals surface area (Å²) in [6, 6.07) is 13.0. The average molecular weight is 371 g/mol. The number of hydrogen-bond donors (Lipinski definition) is 0. The Morgan fingerprint density at radius 1 is 1.04 bits per heavy atom. The van der Waals surface area contributed by atoms with E-state index in [9.17, 15) is 13.2 Å². The molecule has 2 atom stereocenters. The van der Waals surface area contributed by atoms with Crippen LogP contribution in [0.2, 0.25) is 0 Å². The molecule has 136 valence electrons. The number of aromatic nitrogens is 1. The van der Waals surface area contributed by atoms with Crippen LogP contribution in [0.15, 0.2) is 54.9 Å². The highest BCUT2D eigenvalue weighted by Crippen LogP contribution is 2.29. The molecule has 0 aliphatic carbocycles. The van der Waals surface area contributed by atoms with Crippen LogP contribution < -0.4 is 0 Å². The van der Waals surface area contributed by atoms with Gasteiger partial charge in [-0.05, 0) is 17.7 Å². The summed E-state index contributed by atoms with van der Waals surface area (Å²) in [5.74, 6) is 0.0144. The van der Waals surface area contributed by atoms with Gasteiger partial charge in [0.15, 0.2) is 9.84 Å². The zero-order chi connectivity index (χ0) is 18.1. The van der Waals surface area contributed by atoms with Gasteiger partial charge in [0.1, 0.15) is 0 Å². The fourth-order valence-corrected chi connectivity index (χ4v) is 5.96. The third-order valence-corrected chi connectivity index (χ3v) is 6.89. The fraction of sp³-hybridized carbons (Fsp3) is 0.368. The molecule has 6 nitrogen and oxygen atoms in total. The van der Waals surface area contributed by atoms with Gasteiger partial charge >= 0.3 is 0 Å². The first-order valence-electron chi connectivity index (χ1n) is 8.73. The molecule has 0 radical (unpaired) electrons. The molecule has 1 aromatic carbocycles. The van der Waals surface area contributed by atoms with Crippen LogP contribution in [0, 0.1) is 0 Å². The first-order chi connectivity index (χ1) is 12.5. The molecule has 0 unspecified atom stereocenters. The summed E-state index contributed by atoms with van der Waals surface area (Å²) in [7, 11) is -3.15. The van der Waals surface area contributed by atoms with Gasteiger partial charge < -0.3 is 4.90 Å². The first kappa shape index (κ1) is 17.2. The summed E-state index contributed by atoms with van der Waals surface area (Å²) in [6.45, 7) is 1.89. The molecule has 3 heterocycles. The minimum atomic E-state index is -3.15. The van der Waals surface area contributed by atoms with Crippen LogP contribution in [0.25, 0.3) is 0 Å². The Labute approximate surface area is 153 Å². The lowest BCUT2D eigenvalue weighted by molar-refractivity contribution is 0.0306. The number of nitrogens with zero attached hydrogens (tertiary/aromatic N) is 3. The number of amides is 1. The molecule has 4 rings (SSSR count). The smallest absolute Gasteiger partial charge is 0.255 e. The van der Waals surface area contributed by atoms with Crippen molar-refractivity contribution in [1.82, 2.24) is 14.8 Å². The van der Waals surface area contributed by atoms with Crippen molar-refractivity contribution in [2.45, 2.75) is 18.6 Å². The minimum absolute atomic E-state index is 0.0367. The van der Waals surface area contributed by atoms with Crippen LogP contribution in [-0.2, 0) is 16.4 Å². The Kier molecular flexibility index (Phi) is 4.50. The van der Waals surface area contributed by atoms with Gasteiger partial charge in [-0.1, -0.05) is 30.3 Å². The van der Waals surface area contributed by atoms with Gasteiger partial charge in [0.05, 0.1) is 23.1 Å². The van der Waals surface area contributed by atoms with Crippen LogP contribution in [0.1, 0.15) is 15.9 Å². The highest BCUT2D eigenvalue weighted by atomic mass is 32.2. The predicted molar refractivity (Wildman–Crippen MR) is 98.4 cm³/mol. The molecule has 0 spiro atoms. The molecule has 26 heavy (non-hydrogen) atoms. The van der Waals surface area contributed by atoms with E-state index in [2.05, 4.69) is 9.88 Å². The lowest BCUT2D eigenvalue weighted by atomic mass is 10.0. The molecule has 1 amide bonds. The average Bonchev–Trinajstić information content (AvgIpc) is 2.98. The Balaban J connectivity index is 1.59. The number of hydrogen-bond acceptors (Lipinski definition) is 5. The molecule has 7 heteroatoms.